The zero-order chi connectivity index (χ0) is 23.1. The van der Waals surface area contributed by atoms with Crippen molar-refractivity contribution >= 4 is 10.0 Å². The average Bonchev–Trinajstić information content (AvgIpc) is 3.31. The van der Waals surface area contributed by atoms with E-state index in [-0.39, 0.29) is 22.4 Å². The first-order chi connectivity index (χ1) is 15.1. The zero-order valence-electron chi connectivity index (χ0n) is 19.6. The summed E-state index contributed by atoms with van der Waals surface area (Å²) in [5.41, 5.74) is 2.46. The Morgan fingerprint density at radius 3 is 2.62 bits per heavy atom. The Hall–Kier alpha value is -2.32. The van der Waals surface area contributed by atoms with Gasteiger partial charge in [0.15, 0.2) is 10.7 Å². The van der Waals surface area contributed by atoms with E-state index < -0.39 is 10.0 Å². The van der Waals surface area contributed by atoms with E-state index >= 15 is 0 Å². The number of rotatable bonds is 5. The third-order valence-corrected chi connectivity index (χ3v) is 8.26. The summed E-state index contributed by atoms with van der Waals surface area (Å²) < 4.78 is 34.4. The van der Waals surface area contributed by atoms with Gasteiger partial charge in [-0.15, -0.1) is 0 Å². The van der Waals surface area contributed by atoms with Gasteiger partial charge < -0.3 is 14.7 Å². The Balaban J connectivity index is 1.56. The summed E-state index contributed by atoms with van der Waals surface area (Å²) >= 11 is 0. The third kappa shape index (κ3) is 4.57. The van der Waals surface area contributed by atoms with Crippen molar-refractivity contribution < 1.29 is 12.9 Å². The highest BCUT2D eigenvalue weighted by molar-refractivity contribution is 7.89. The number of hydrogen-bond donors (Lipinski definition) is 1. The molecule has 8 heteroatoms. The lowest BCUT2D eigenvalue weighted by molar-refractivity contribution is 0.220. The average molecular weight is 459 g/mol. The van der Waals surface area contributed by atoms with Gasteiger partial charge in [0.1, 0.15) is 5.69 Å². The van der Waals surface area contributed by atoms with Crippen LogP contribution in [-0.4, -0.2) is 49.1 Å². The minimum atomic E-state index is -3.74. The van der Waals surface area contributed by atoms with Crippen molar-refractivity contribution in [3.8, 4) is 11.3 Å². The number of nitrogens with one attached hydrogen (secondary N) is 1. The van der Waals surface area contributed by atoms with E-state index in [0.717, 1.165) is 30.5 Å². The van der Waals surface area contributed by atoms with Crippen LogP contribution in [0.15, 0.2) is 51.6 Å². The minimum Gasteiger partial charge on any atom is -0.367 e. The van der Waals surface area contributed by atoms with Gasteiger partial charge in [-0.25, -0.2) is 8.42 Å². The van der Waals surface area contributed by atoms with Crippen LogP contribution in [0.4, 0.5) is 0 Å². The number of aryl methyl sites for hydroxylation is 1. The van der Waals surface area contributed by atoms with Gasteiger partial charge in [0.25, 0.3) is 0 Å². The van der Waals surface area contributed by atoms with E-state index in [1.165, 1.54) is 0 Å². The molecule has 2 unspecified atom stereocenters. The summed E-state index contributed by atoms with van der Waals surface area (Å²) in [6.07, 6.45) is 5.19. The molecule has 0 spiro atoms. The quantitative estimate of drug-likeness (QED) is 0.724. The number of aromatic nitrogens is 1. The summed E-state index contributed by atoms with van der Waals surface area (Å²) in [7, 11) is -1.65. The molecule has 2 aliphatic heterocycles. The molecular formula is C24H34N4O3S. The first-order valence-corrected chi connectivity index (χ1v) is 12.7. The maximum atomic E-state index is 13.7. The highest BCUT2D eigenvalue weighted by atomic mass is 32.2. The van der Waals surface area contributed by atoms with Crippen LogP contribution in [0.2, 0.25) is 0 Å². The normalized spacial score (nSPS) is 22.7. The fourth-order valence-corrected chi connectivity index (χ4v) is 6.43. The molecular weight excluding hydrogens is 424 g/mol. The van der Waals surface area contributed by atoms with Gasteiger partial charge in [0.2, 0.25) is 10.0 Å². The molecule has 0 bridgehead atoms. The lowest BCUT2D eigenvalue weighted by Gasteiger charge is -2.33. The van der Waals surface area contributed by atoms with Crippen molar-refractivity contribution in [3.63, 3.8) is 0 Å². The van der Waals surface area contributed by atoms with Crippen LogP contribution >= 0.6 is 0 Å². The number of hydrogen-bond acceptors (Lipinski definition) is 6. The highest BCUT2D eigenvalue weighted by Gasteiger charge is 2.38. The van der Waals surface area contributed by atoms with E-state index in [0.29, 0.717) is 24.5 Å². The molecule has 1 fully saturated rings. The standard InChI is InChI=1S/C24H34N4O3S/c1-17-23(22(26-31-17)18-10-7-6-8-11-18)32(29,30)28-13-9-12-19(15-28)20-16-27(5)21(25-20)14-24(2,3)4/h6-8,10-11,16,19,21,25H,9,12-15H2,1-5H3. The van der Waals surface area contributed by atoms with Crippen LogP contribution in [0.1, 0.15) is 45.8 Å². The van der Waals surface area contributed by atoms with Gasteiger partial charge in [-0.2, -0.15) is 4.31 Å². The predicted molar refractivity (Wildman–Crippen MR) is 125 cm³/mol. The number of nitrogens with zero attached hydrogens (tertiary/aromatic N) is 3. The fraction of sp³-hybridized carbons (Fsp3) is 0.542. The van der Waals surface area contributed by atoms with E-state index in [4.69, 9.17) is 4.52 Å². The molecule has 1 aromatic carbocycles. The first-order valence-electron chi connectivity index (χ1n) is 11.3. The molecule has 0 aliphatic carbocycles. The monoisotopic (exact) mass is 458 g/mol. The fourth-order valence-electron chi connectivity index (χ4n) is 4.63. The molecule has 3 heterocycles. The molecule has 174 valence electrons. The Morgan fingerprint density at radius 2 is 1.94 bits per heavy atom. The predicted octanol–water partition coefficient (Wildman–Crippen LogP) is 4.19. The van der Waals surface area contributed by atoms with E-state index in [9.17, 15) is 8.42 Å². The van der Waals surface area contributed by atoms with Crippen LogP contribution in [0.25, 0.3) is 11.3 Å². The van der Waals surface area contributed by atoms with Gasteiger partial charge in [-0.05, 0) is 31.6 Å². The summed E-state index contributed by atoms with van der Waals surface area (Å²) in [6.45, 7) is 9.34. The van der Waals surface area contributed by atoms with Gasteiger partial charge in [-0.3, -0.25) is 0 Å². The Labute approximate surface area is 191 Å². The molecule has 0 saturated carbocycles. The van der Waals surface area contributed by atoms with Gasteiger partial charge >= 0.3 is 0 Å². The highest BCUT2D eigenvalue weighted by Crippen LogP contribution is 2.35. The van der Waals surface area contributed by atoms with Gasteiger partial charge in [0.05, 0.1) is 6.17 Å². The smallest absolute Gasteiger partial charge is 0.248 e. The maximum absolute atomic E-state index is 13.7. The zero-order valence-corrected chi connectivity index (χ0v) is 20.4. The second kappa shape index (κ2) is 8.56. The van der Waals surface area contributed by atoms with Crippen LogP contribution in [-0.2, 0) is 10.0 Å². The molecule has 2 aromatic rings. The Morgan fingerprint density at radius 1 is 1.22 bits per heavy atom. The first kappa shape index (κ1) is 22.9. The third-order valence-electron chi connectivity index (χ3n) is 6.25. The van der Waals surface area contributed by atoms with Gasteiger partial charge in [0, 0.05) is 43.5 Å². The molecule has 0 radical (unpaired) electrons. The Kier molecular flexibility index (Phi) is 6.11. The van der Waals surface area contributed by atoms with Crippen molar-refractivity contribution in [1.82, 2.24) is 19.7 Å². The maximum Gasteiger partial charge on any atom is 0.248 e. The van der Waals surface area contributed by atoms with E-state index in [1.807, 2.05) is 30.3 Å². The molecule has 2 aliphatic rings. The number of piperidine rings is 1. The summed E-state index contributed by atoms with van der Waals surface area (Å²) in [4.78, 5) is 2.39. The molecule has 2 atom stereocenters. The number of benzene rings is 1. The SMILES string of the molecule is Cc1onc(-c2ccccc2)c1S(=O)(=O)N1CCCC(C2=CN(C)C(CC(C)(C)C)N2)C1. The van der Waals surface area contributed by atoms with Crippen LogP contribution in [0.3, 0.4) is 0 Å². The van der Waals surface area contributed by atoms with Crippen molar-refractivity contribution in [1.29, 1.82) is 0 Å². The number of sulfonamides is 1. The molecule has 7 nitrogen and oxygen atoms in total. The summed E-state index contributed by atoms with van der Waals surface area (Å²) in [5.74, 6) is 0.473. The molecule has 1 saturated heterocycles. The lowest BCUT2D eigenvalue weighted by atomic mass is 9.90. The largest absolute Gasteiger partial charge is 0.367 e. The van der Waals surface area contributed by atoms with Crippen molar-refractivity contribution in [3.05, 3.63) is 48.0 Å². The lowest BCUT2D eigenvalue weighted by Crippen LogP contribution is -2.43. The topological polar surface area (TPSA) is 78.7 Å². The summed E-state index contributed by atoms with van der Waals surface area (Å²) in [5, 5.41) is 7.74. The summed E-state index contributed by atoms with van der Waals surface area (Å²) in [6, 6.07) is 9.35. The Bertz CT molecular complexity index is 1090. The molecule has 4 rings (SSSR count). The molecule has 32 heavy (non-hydrogen) atoms. The van der Waals surface area contributed by atoms with Crippen LogP contribution in [0.5, 0.6) is 0 Å². The van der Waals surface area contributed by atoms with Crippen molar-refractivity contribution in [2.24, 2.45) is 11.3 Å². The van der Waals surface area contributed by atoms with Crippen LogP contribution < -0.4 is 5.32 Å². The van der Waals surface area contributed by atoms with Crippen molar-refractivity contribution in [2.75, 3.05) is 20.1 Å². The van der Waals surface area contributed by atoms with E-state index in [1.54, 1.807) is 11.2 Å². The molecule has 0 amide bonds. The molecule has 1 N–H and O–H groups in total. The minimum absolute atomic E-state index is 0.145. The van der Waals surface area contributed by atoms with Crippen LogP contribution in [0, 0.1) is 18.3 Å². The van der Waals surface area contributed by atoms with Crippen molar-refractivity contribution in [2.45, 2.75) is 58.0 Å². The molecule has 1 aromatic heterocycles. The second-order valence-electron chi connectivity index (χ2n) is 10.2. The second-order valence-corrected chi connectivity index (χ2v) is 12.0. The van der Waals surface area contributed by atoms with Gasteiger partial charge in [-0.1, -0.05) is 56.3 Å². The van der Waals surface area contributed by atoms with E-state index in [2.05, 4.69) is 49.4 Å².